The molecule has 0 bridgehead atoms. The Morgan fingerprint density at radius 1 is 0.786 bits per heavy atom. The smallest absolute Gasteiger partial charge is 0.419 e. The van der Waals surface area contributed by atoms with Gasteiger partial charge in [-0.1, -0.05) is 5.69 Å². The minimum Gasteiger partial charge on any atom is -0.419 e. The van der Waals surface area contributed by atoms with Crippen molar-refractivity contribution in [3.63, 3.8) is 0 Å². The number of anilines is 1. The minimum absolute atomic E-state index is 0. The van der Waals surface area contributed by atoms with Crippen LogP contribution < -0.4 is 57.1 Å². The summed E-state index contributed by atoms with van der Waals surface area (Å²) in [6, 6.07) is 22.5. The molecule has 2 N–H and O–H groups in total. The molecule has 14 heavy (non-hydrogen) atoms. The van der Waals surface area contributed by atoms with Crippen LogP contribution >= 0.6 is 0 Å². The summed E-state index contributed by atoms with van der Waals surface area (Å²) in [5.74, 6) is 0. The Labute approximate surface area is 128 Å². The van der Waals surface area contributed by atoms with Crippen LogP contribution in [0.1, 0.15) is 0 Å². The van der Waals surface area contributed by atoms with Crippen molar-refractivity contribution in [2.75, 3.05) is 5.73 Å². The van der Waals surface area contributed by atoms with Crippen molar-refractivity contribution in [3.8, 4) is 0 Å². The molecule has 0 amide bonds. The van der Waals surface area contributed by atoms with Crippen molar-refractivity contribution in [2.45, 2.75) is 0 Å². The van der Waals surface area contributed by atoms with Gasteiger partial charge in [0.05, 0.1) is 0 Å². The molecule has 0 aromatic heterocycles. The second-order valence-electron chi connectivity index (χ2n) is 2.41. The summed E-state index contributed by atoms with van der Waals surface area (Å²) in [5, 5.41) is 0. The molecule has 0 heterocycles. The van der Waals surface area contributed by atoms with Crippen molar-refractivity contribution in [1.82, 2.24) is 0 Å². The van der Waals surface area contributed by atoms with Crippen LogP contribution in [-0.4, -0.2) is 0 Å². The molecule has 0 unspecified atom stereocenters. The van der Waals surface area contributed by atoms with Crippen molar-refractivity contribution < 1.29 is 51.4 Å². The van der Waals surface area contributed by atoms with Gasteiger partial charge in [-0.2, -0.15) is 54.6 Å². The Morgan fingerprint density at radius 2 is 1.29 bits per heavy atom. The van der Waals surface area contributed by atoms with Crippen LogP contribution in [0.3, 0.4) is 0 Å². The van der Waals surface area contributed by atoms with Gasteiger partial charge in [0.15, 0.2) is 0 Å². The van der Waals surface area contributed by atoms with Crippen molar-refractivity contribution in [1.29, 1.82) is 0 Å². The van der Waals surface area contributed by atoms with Gasteiger partial charge in [0.1, 0.15) is 0 Å². The van der Waals surface area contributed by atoms with Crippen LogP contribution in [0.4, 0.5) is 5.69 Å². The zero-order valence-electron chi connectivity index (χ0n) is 8.27. The van der Waals surface area contributed by atoms with Crippen LogP contribution in [0.25, 0.3) is 0 Å². The summed E-state index contributed by atoms with van der Waals surface area (Å²) in [6.45, 7) is 0. The number of nitrogens with two attached hydrogens (primary N) is 1. The monoisotopic (exact) mass is 208 g/mol. The molecule has 66 valence electrons. The molecule has 0 radical (unpaired) electrons. The second kappa shape index (κ2) is 9.43. The van der Waals surface area contributed by atoms with Crippen molar-refractivity contribution in [3.05, 3.63) is 66.7 Å². The standard InChI is InChI=1S/C6H6N.C6H5.K/c7-6-4-2-1-3-5-6;1-2-4-6-5-3-1;/h2-5H,7H2;1-5H;/q2*-1;+1. The molecule has 2 aromatic rings. The van der Waals surface area contributed by atoms with E-state index >= 15 is 0 Å². The third-order valence-electron chi connectivity index (χ3n) is 1.35. The van der Waals surface area contributed by atoms with Gasteiger partial charge in [0.25, 0.3) is 0 Å². The van der Waals surface area contributed by atoms with E-state index in [-0.39, 0.29) is 51.4 Å². The maximum absolute atomic E-state index is 5.34. The maximum Gasteiger partial charge on any atom is 1.00 e. The number of nitrogen functional groups attached to an aromatic ring is 1. The molecular weight excluding hydrogens is 197 g/mol. The first-order chi connectivity index (χ1) is 6.39. The van der Waals surface area contributed by atoms with E-state index < -0.39 is 0 Å². The summed E-state index contributed by atoms with van der Waals surface area (Å²) >= 11 is 0. The van der Waals surface area contributed by atoms with E-state index in [0.29, 0.717) is 0 Å². The SMILES string of the molecule is Nc1cc[c-]cc1.[K+].[c-]1ccccc1. The predicted molar refractivity (Wildman–Crippen MR) is 55.0 cm³/mol. The van der Waals surface area contributed by atoms with E-state index in [1.165, 1.54) is 0 Å². The predicted octanol–water partition coefficient (Wildman–Crippen LogP) is -0.440. The largest absolute Gasteiger partial charge is 1.00 e. The van der Waals surface area contributed by atoms with Crippen molar-refractivity contribution >= 4 is 5.69 Å². The van der Waals surface area contributed by atoms with E-state index in [1.807, 2.05) is 30.3 Å². The van der Waals surface area contributed by atoms with Crippen molar-refractivity contribution in [2.24, 2.45) is 0 Å². The first-order valence-electron chi connectivity index (χ1n) is 4.02. The number of hydrogen-bond acceptors (Lipinski definition) is 1. The molecule has 0 aliphatic carbocycles. The van der Waals surface area contributed by atoms with Gasteiger partial charge in [-0.05, 0) is 0 Å². The topological polar surface area (TPSA) is 26.0 Å². The van der Waals surface area contributed by atoms with Crippen LogP contribution in [0.2, 0.25) is 0 Å². The molecule has 2 aromatic carbocycles. The fourth-order valence-electron chi connectivity index (χ4n) is 0.742. The van der Waals surface area contributed by atoms with E-state index in [1.54, 1.807) is 24.3 Å². The summed E-state index contributed by atoms with van der Waals surface area (Å²) in [5.41, 5.74) is 6.13. The van der Waals surface area contributed by atoms with E-state index in [0.717, 1.165) is 5.69 Å². The average Bonchev–Trinajstić information content (AvgIpc) is 2.22. The van der Waals surface area contributed by atoms with Gasteiger partial charge >= 0.3 is 51.4 Å². The van der Waals surface area contributed by atoms with E-state index in [4.69, 9.17) is 5.73 Å². The summed E-state index contributed by atoms with van der Waals surface area (Å²) in [6.07, 6.45) is 0. The molecule has 0 saturated carbocycles. The molecule has 0 atom stereocenters. The van der Waals surface area contributed by atoms with Gasteiger partial charge < -0.3 is 5.73 Å². The molecule has 0 aliphatic heterocycles. The molecule has 2 rings (SSSR count). The van der Waals surface area contributed by atoms with Crippen LogP contribution in [0.15, 0.2) is 54.6 Å². The van der Waals surface area contributed by atoms with Gasteiger partial charge in [0, 0.05) is 0 Å². The van der Waals surface area contributed by atoms with E-state index in [2.05, 4.69) is 12.1 Å². The molecule has 2 heteroatoms. The number of rotatable bonds is 0. The van der Waals surface area contributed by atoms with Gasteiger partial charge in [-0.25, -0.2) is 0 Å². The van der Waals surface area contributed by atoms with Gasteiger partial charge in [-0.3, -0.25) is 0 Å². The number of hydrogen-bond donors (Lipinski definition) is 1. The third-order valence-corrected chi connectivity index (χ3v) is 1.35. The molecule has 0 fully saturated rings. The minimum atomic E-state index is 0. The molecule has 0 saturated heterocycles. The summed E-state index contributed by atoms with van der Waals surface area (Å²) in [4.78, 5) is 0. The third kappa shape index (κ3) is 7.30. The molecular formula is C12H11KN-. The first-order valence-corrected chi connectivity index (χ1v) is 4.02. The molecule has 1 nitrogen and oxygen atoms in total. The molecule has 0 spiro atoms. The average molecular weight is 208 g/mol. The fraction of sp³-hybridized carbons (Fsp3) is 0. The summed E-state index contributed by atoms with van der Waals surface area (Å²) < 4.78 is 0. The van der Waals surface area contributed by atoms with Gasteiger partial charge in [-0.15, -0.1) is 12.1 Å². The Kier molecular flexibility index (Phi) is 9.35. The normalized spacial score (nSPS) is 7.71. The Hall–Kier alpha value is -0.124. The molecule has 0 aliphatic rings. The van der Waals surface area contributed by atoms with Crippen LogP contribution in [-0.2, 0) is 0 Å². The summed E-state index contributed by atoms with van der Waals surface area (Å²) in [7, 11) is 0. The van der Waals surface area contributed by atoms with Crippen LogP contribution in [0.5, 0.6) is 0 Å². The fourth-order valence-corrected chi connectivity index (χ4v) is 0.742. The Bertz CT molecular complexity index is 281. The quantitative estimate of drug-likeness (QED) is 0.354. The van der Waals surface area contributed by atoms with E-state index in [9.17, 15) is 0 Å². The van der Waals surface area contributed by atoms with Crippen LogP contribution in [0, 0.1) is 12.1 Å². The zero-order chi connectivity index (χ0) is 9.36. The maximum atomic E-state index is 5.34. The Balaban J connectivity index is 0.000000227. The Morgan fingerprint density at radius 3 is 1.50 bits per heavy atom. The van der Waals surface area contributed by atoms with Gasteiger partial charge in [0.2, 0.25) is 0 Å². The zero-order valence-corrected chi connectivity index (χ0v) is 11.4. The first kappa shape index (κ1) is 13.9. The second-order valence-corrected chi connectivity index (χ2v) is 2.41. The number of benzene rings is 2.